The van der Waals surface area contributed by atoms with Gasteiger partial charge in [-0.05, 0) is 29.8 Å². The van der Waals surface area contributed by atoms with Crippen LogP contribution in [0.5, 0.6) is 5.75 Å². The van der Waals surface area contributed by atoms with Crippen molar-refractivity contribution in [1.29, 1.82) is 0 Å². The second-order valence-corrected chi connectivity index (χ2v) is 7.17. The van der Waals surface area contributed by atoms with Gasteiger partial charge < -0.3 is 4.74 Å². The van der Waals surface area contributed by atoms with E-state index in [0.717, 1.165) is 27.5 Å². The van der Waals surface area contributed by atoms with Crippen LogP contribution in [-0.4, -0.2) is 15.5 Å². The van der Waals surface area contributed by atoms with Gasteiger partial charge in [-0.2, -0.15) is 0 Å². The summed E-state index contributed by atoms with van der Waals surface area (Å²) >= 11 is 1.14. The Kier molecular flexibility index (Phi) is 3.42. The number of ether oxygens (including phenoxy) is 1. The second kappa shape index (κ2) is 4.68. The Hall–Kier alpha value is -1.04. The van der Waals surface area contributed by atoms with Gasteiger partial charge in [0.1, 0.15) is 9.96 Å². The molecule has 2 aromatic rings. The number of rotatable bonds is 3. The molecule has 0 bridgehead atoms. The van der Waals surface area contributed by atoms with Crippen LogP contribution < -0.4 is 4.74 Å². The summed E-state index contributed by atoms with van der Waals surface area (Å²) in [6.45, 7) is 0. The zero-order chi connectivity index (χ0) is 12.5. The molecule has 0 aliphatic carbocycles. The van der Waals surface area contributed by atoms with Crippen molar-refractivity contribution in [1.82, 2.24) is 0 Å². The highest BCUT2D eigenvalue weighted by molar-refractivity contribution is 8.15. The maximum absolute atomic E-state index is 11.2. The molecule has 0 unspecified atom stereocenters. The maximum Gasteiger partial charge on any atom is 0.270 e. The number of methoxy groups -OCH3 is 1. The van der Waals surface area contributed by atoms with Gasteiger partial charge in [0.2, 0.25) is 0 Å². The van der Waals surface area contributed by atoms with Crippen LogP contribution in [-0.2, 0) is 9.05 Å². The van der Waals surface area contributed by atoms with Crippen molar-refractivity contribution in [3.63, 3.8) is 0 Å². The summed E-state index contributed by atoms with van der Waals surface area (Å²) < 4.78 is 27.6. The van der Waals surface area contributed by atoms with Crippen LogP contribution in [0.15, 0.2) is 40.6 Å². The van der Waals surface area contributed by atoms with Crippen molar-refractivity contribution in [2.24, 2.45) is 0 Å². The van der Waals surface area contributed by atoms with Gasteiger partial charge in [-0.1, -0.05) is 12.1 Å². The van der Waals surface area contributed by atoms with Crippen LogP contribution in [0.4, 0.5) is 0 Å². The first-order valence-corrected chi connectivity index (χ1v) is 7.82. The summed E-state index contributed by atoms with van der Waals surface area (Å²) in [5.74, 6) is 0.728. The minimum atomic E-state index is -3.65. The molecular weight excluding hydrogens is 280 g/mol. The van der Waals surface area contributed by atoms with E-state index >= 15 is 0 Å². The quantitative estimate of drug-likeness (QED) is 0.814. The fraction of sp³-hybridized carbons (Fsp3) is 0.0909. The van der Waals surface area contributed by atoms with Crippen molar-refractivity contribution >= 4 is 31.1 Å². The predicted molar refractivity (Wildman–Crippen MR) is 69.3 cm³/mol. The molecule has 2 rings (SSSR count). The summed E-state index contributed by atoms with van der Waals surface area (Å²) in [5, 5.41) is 0. The molecule has 90 valence electrons. The summed E-state index contributed by atoms with van der Waals surface area (Å²) in [4.78, 5) is 0.836. The molecule has 1 aromatic carbocycles. The Morgan fingerprint density at radius 3 is 2.59 bits per heavy atom. The topological polar surface area (TPSA) is 43.4 Å². The molecule has 0 aliphatic heterocycles. The van der Waals surface area contributed by atoms with Crippen LogP contribution in [0.2, 0.25) is 0 Å². The minimum absolute atomic E-state index is 0.150. The van der Waals surface area contributed by atoms with E-state index < -0.39 is 9.05 Å². The Morgan fingerprint density at radius 2 is 2.00 bits per heavy atom. The first kappa shape index (κ1) is 12.4. The highest BCUT2D eigenvalue weighted by Crippen LogP contribution is 2.33. The van der Waals surface area contributed by atoms with E-state index in [4.69, 9.17) is 15.4 Å². The van der Waals surface area contributed by atoms with Gasteiger partial charge in [0, 0.05) is 15.6 Å². The zero-order valence-corrected chi connectivity index (χ0v) is 11.3. The predicted octanol–water partition coefficient (Wildman–Crippen LogP) is 3.35. The number of benzene rings is 1. The fourth-order valence-corrected chi connectivity index (χ4v) is 3.45. The van der Waals surface area contributed by atoms with Crippen molar-refractivity contribution in [3.8, 4) is 16.2 Å². The molecule has 0 aliphatic rings. The Labute approximate surface area is 108 Å². The molecule has 17 heavy (non-hydrogen) atoms. The van der Waals surface area contributed by atoms with Gasteiger partial charge in [-0.15, -0.1) is 11.3 Å². The van der Waals surface area contributed by atoms with Crippen molar-refractivity contribution in [3.05, 3.63) is 36.4 Å². The first-order chi connectivity index (χ1) is 8.00. The van der Waals surface area contributed by atoms with Gasteiger partial charge in [0.05, 0.1) is 7.11 Å². The van der Waals surface area contributed by atoms with E-state index in [1.54, 1.807) is 13.2 Å². The molecule has 1 heterocycles. The van der Waals surface area contributed by atoms with E-state index in [1.807, 2.05) is 24.3 Å². The molecular formula is C11H9ClO3S2. The third-order valence-electron chi connectivity index (χ3n) is 2.18. The molecule has 0 radical (unpaired) electrons. The summed E-state index contributed by atoms with van der Waals surface area (Å²) in [6.07, 6.45) is 0. The summed E-state index contributed by atoms with van der Waals surface area (Å²) in [5.41, 5.74) is 0.904. The van der Waals surface area contributed by atoms with Gasteiger partial charge in [-0.3, -0.25) is 0 Å². The zero-order valence-electron chi connectivity index (χ0n) is 8.88. The SMILES string of the molecule is COc1cccc(-c2ccc(S(=O)(=O)Cl)s2)c1. The van der Waals surface area contributed by atoms with Gasteiger partial charge >= 0.3 is 0 Å². The van der Waals surface area contributed by atoms with Crippen molar-refractivity contribution < 1.29 is 13.2 Å². The molecule has 3 nitrogen and oxygen atoms in total. The van der Waals surface area contributed by atoms with E-state index in [9.17, 15) is 8.42 Å². The molecule has 6 heteroatoms. The number of hydrogen-bond donors (Lipinski definition) is 0. The standard InChI is InChI=1S/C11H9ClO3S2/c1-15-9-4-2-3-8(7-9)10-5-6-11(16-10)17(12,13)14/h2-7H,1H3. The molecule has 0 saturated carbocycles. The molecule has 0 saturated heterocycles. The van der Waals surface area contributed by atoms with Crippen LogP contribution in [0.25, 0.3) is 10.4 Å². The third kappa shape index (κ3) is 2.80. The van der Waals surface area contributed by atoms with Crippen LogP contribution in [0, 0.1) is 0 Å². The van der Waals surface area contributed by atoms with Crippen LogP contribution in [0.3, 0.4) is 0 Å². The lowest BCUT2D eigenvalue weighted by Crippen LogP contribution is -1.83. The molecule has 0 fully saturated rings. The lowest BCUT2D eigenvalue weighted by Gasteiger charge is -2.01. The van der Waals surface area contributed by atoms with Crippen LogP contribution in [0.1, 0.15) is 0 Å². The molecule has 1 aromatic heterocycles. The van der Waals surface area contributed by atoms with E-state index in [-0.39, 0.29) is 4.21 Å². The normalized spacial score (nSPS) is 11.4. The van der Waals surface area contributed by atoms with Gasteiger partial charge in [-0.25, -0.2) is 8.42 Å². The lowest BCUT2D eigenvalue weighted by atomic mass is 10.2. The summed E-state index contributed by atoms with van der Waals surface area (Å²) in [6, 6.07) is 10.6. The highest BCUT2D eigenvalue weighted by Gasteiger charge is 2.13. The number of thiophene rings is 1. The number of halogens is 1. The van der Waals surface area contributed by atoms with E-state index in [2.05, 4.69) is 0 Å². The van der Waals surface area contributed by atoms with Gasteiger partial charge in [0.25, 0.3) is 9.05 Å². The smallest absolute Gasteiger partial charge is 0.270 e. The highest BCUT2D eigenvalue weighted by atomic mass is 35.7. The molecule has 0 spiro atoms. The Balaban J connectivity index is 2.43. The van der Waals surface area contributed by atoms with E-state index in [1.165, 1.54) is 6.07 Å². The van der Waals surface area contributed by atoms with Crippen LogP contribution >= 0.6 is 22.0 Å². The van der Waals surface area contributed by atoms with E-state index in [0.29, 0.717) is 0 Å². The van der Waals surface area contributed by atoms with Crippen molar-refractivity contribution in [2.45, 2.75) is 4.21 Å². The lowest BCUT2D eigenvalue weighted by molar-refractivity contribution is 0.415. The monoisotopic (exact) mass is 288 g/mol. The Morgan fingerprint density at radius 1 is 1.24 bits per heavy atom. The minimum Gasteiger partial charge on any atom is -0.497 e. The Bertz CT molecular complexity index is 632. The number of hydrogen-bond acceptors (Lipinski definition) is 4. The molecule has 0 atom stereocenters. The summed E-state index contributed by atoms with van der Waals surface area (Å²) in [7, 11) is 3.22. The van der Waals surface area contributed by atoms with Crippen molar-refractivity contribution in [2.75, 3.05) is 7.11 Å². The first-order valence-electron chi connectivity index (χ1n) is 4.69. The molecule has 0 amide bonds. The average molecular weight is 289 g/mol. The van der Waals surface area contributed by atoms with Gasteiger partial charge in [0.15, 0.2) is 0 Å². The maximum atomic E-state index is 11.2. The third-order valence-corrected chi connectivity index (χ3v) is 5.40. The largest absolute Gasteiger partial charge is 0.497 e. The average Bonchev–Trinajstić information content (AvgIpc) is 2.78. The second-order valence-electron chi connectivity index (χ2n) is 3.29. The molecule has 0 N–H and O–H groups in total. The fourth-order valence-electron chi connectivity index (χ4n) is 1.38.